The van der Waals surface area contributed by atoms with Gasteiger partial charge in [-0.3, -0.25) is 15.0 Å². The molecule has 1 fully saturated rings. The Balaban J connectivity index is 0.000000774. The van der Waals surface area contributed by atoms with Crippen LogP contribution in [0.2, 0.25) is 0 Å². The first-order valence-corrected chi connectivity index (χ1v) is 7.55. The molecule has 1 aromatic rings. The largest absolute Gasteiger partial charge is 0.328 e. The van der Waals surface area contributed by atoms with Gasteiger partial charge in [0.1, 0.15) is 0 Å². The van der Waals surface area contributed by atoms with Crippen molar-refractivity contribution in [3.8, 4) is 0 Å². The number of amides is 3. The molecule has 0 saturated carbocycles. The third kappa shape index (κ3) is 3.42. The number of nitrogens with one attached hydrogen (secondary N) is 1. The van der Waals surface area contributed by atoms with Gasteiger partial charge in [-0.05, 0) is 36.7 Å². The average Bonchev–Trinajstić information content (AvgIpc) is 2.49. The van der Waals surface area contributed by atoms with Gasteiger partial charge in [-0.2, -0.15) is 0 Å². The molecule has 5 heteroatoms. The summed E-state index contributed by atoms with van der Waals surface area (Å²) in [4.78, 5) is 26.9. The number of fused-ring (bicyclic) bond motifs is 1. The molecule has 2 aliphatic rings. The Morgan fingerprint density at radius 2 is 1.81 bits per heavy atom. The van der Waals surface area contributed by atoms with E-state index >= 15 is 0 Å². The number of anilines is 1. The third-order valence-corrected chi connectivity index (χ3v) is 3.76. The summed E-state index contributed by atoms with van der Waals surface area (Å²) in [6.45, 7) is 6.46. The molecule has 0 aliphatic carbocycles. The van der Waals surface area contributed by atoms with Crippen molar-refractivity contribution in [2.75, 3.05) is 25.0 Å². The maximum atomic E-state index is 11.8. The predicted octanol–water partition coefficient (Wildman–Crippen LogP) is 2.15. The minimum atomic E-state index is -0.316. The molecule has 0 aromatic heterocycles. The van der Waals surface area contributed by atoms with E-state index in [1.807, 2.05) is 19.9 Å². The standard InChI is InChI=1S/C14H17N3O2.C2H6/c1-16-6-4-10-8-12(3-2-11(10)9-16)17-7-5-13(18)15-14(17)19;1-2/h2-3,8H,4-7,9H2,1H3,(H,15,18,19);1-2H3. The van der Waals surface area contributed by atoms with Crippen molar-refractivity contribution in [2.24, 2.45) is 0 Å². The Hall–Kier alpha value is -1.88. The molecule has 3 amide bonds. The Bertz CT molecular complexity index is 542. The SMILES string of the molecule is CC.CN1CCc2cc(N3CCC(=O)NC3=O)ccc2C1. The smallest absolute Gasteiger partial charge is 0.302 e. The number of carbonyl (C=O) groups excluding carboxylic acids is 2. The normalized spacial score (nSPS) is 18.5. The summed E-state index contributed by atoms with van der Waals surface area (Å²) in [7, 11) is 2.11. The number of nitrogens with zero attached hydrogens (tertiary/aromatic N) is 2. The molecular formula is C16H23N3O2. The molecule has 114 valence electrons. The van der Waals surface area contributed by atoms with E-state index in [1.165, 1.54) is 11.1 Å². The topological polar surface area (TPSA) is 52.6 Å². The first-order valence-electron chi connectivity index (χ1n) is 7.55. The lowest BCUT2D eigenvalue weighted by molar-refractivity contribution is -0.120. The van der Waals surface area contributed by atoms with E-state index in [2.05, 4.69) is 29.4 Å². The van der Waals surface area contributed by atoms with Gasteiger partial charge in [0.05, 0.1) is 0 Å². The van der Waals surface area contributed by atoms with Crippen molar-refractivity contribution in [1.82, 2.24) is 10.2 Å². The Labute approximate surface area is 125 Å². The van der Waals surface area contributed by atoms with Gasteiger partial charge in [0.25, 0.3) is 0 Å². The fraction of sp³-hybridized carbons (Fsp3) is 0.500. The minimum Gasteiger partial charge on any atom is -0.302 e. The van der Waals surface area contributed by atoms with Crippen molar-refractivity contribution in [3.05, 3.63) is 29.3 Å². The van der Waals surface area contributed by atoms with E-state index < -0.39 is 0 Å². The van der Waals surface area contributed by atoms with E-state index in [9.17, 15) is 9.59 Å². The second kappa shape index (κ2) is 6.72. The second-order valence-corrected chi connectivity index (χ2v) is 5.20. The van der Waals surface area contributed by atoms with Crippen LogP contribution in [0.25, 0.3) is 0 Å². The fourth-order valence-electron chi connectivity index (χ4n) is 2.66. The molecule has 0 bridgehead atoms. The first-order chi connectivity index (χ1) is 10.1. The minimum absolute atomic E-state index is 0.194. The Morgan fingerprint density at radius 1 is 1.05 bits per heavy atom. The van der Waals surface area contributed by atoms with Crippen molar-refractivity contribution in [1.29, 1.82) is 0 Å². The molecule has 0 spiro atoms. The number of urea groups is 1. The van der Waals surface area contributed by atoms with Gasteiger partial charge in [0.15, 0.2) is 0 Å². The molecule has 21 heavy (non-hydrogen) atoms. The lowest BCUT2D eigenvalue weighted by Gasteiger charge is -2.29. The van der Waals surface area contributed by atoms with Gasteiger partial charge in [-0.1, -0.05) is 19.9 Å². The van der Waals surface area contributed by atoms with Crippen LogP contribution in [0, 0.1) is 0 Å². The highest BCUT2D eigenvalue weighted by Crippen LogP contribution is 2.25. The lowest BCUT2D eigenvalue weighted by Crippen LogP contribution is -2.49. The molecule has 2 aliphatic heterocycles. The van der Waals surface area contributed by atoms with E-state index in [4.69, 9.17) is 0 Å². The van der Waals surface area contributed by atoms with Crippen LogP contribution in [0.1, 0.15) is 31.4 Å². The number of hydrogen-bond donors (Lipinski definition) is 1. The van der Waals surface area contributed by atoms with Crippen molar-refractivity contribution >= 4 is 17.6 Å². The van der Waals surface area contributed by atoms with Gasteiger partial charge in [0.2, 0.25) is 5.91 Å². The van der Waals surface area contributed by atoms with Crippen LogP contribution in [0.3, 0.4) is 0 Å². The molecule has 2 heterocycles. The van der Waals surface area contributed by atoms with Gasteiger partial charge >= 0.3 is 6.03 Å². The molecule has 5 nitrogen and oxygen atoms in total. The molecule has 0 atom stereocenters. The van der Waals surface area contributed by atoms with Crippen molar-refractivity contribution in [2.45, 2.75) is 33.2 Å². The Morgan fingerprint density at radius 3 is 2.52 bits per heavy atom. The zero-order valence-corrected chi connectivity index (χ0v) is 13.0. The monoisotopic (exact) mass is 289 g/mol. The molecule has 3 rings (SSSR count). The number of carbonyl (C=O) groups is 2. The average molecular weight is 289 g/mol. The van der Waals surface area contributed by atoms with E-state index in [0.717, 1.165) is 25.2 Å². The number of rotatable bonds is 1. The summed E-state index contributed by atoms with van der Waals surface area (Å²) < 4.78 is 0. The number of imide groups is 1. The van der Waals surface area contributed by atoms with Gasteiger partial charge in [-0.25, -0.2) is 4.79 Å². The molecule has 1 saturated heterocycles. The van der Waals surface area contributed by atoms with Crippen molar-refractivity contribution < 1.29 is 9.59 Å². The second-order valence-electron chi connectivity index (χ2n) is 5.20. The Kier molecular flexibility index (Phi) is 4.96. The van der Waals surface area contributed by atoms with Gasteiger partial charge in [0, 0.05) is 31.7 Å². The number of hydrogen-bond acceptors (Lipinski definition) is 3. The lowest BCUT2D eigenvalue weighted by atomic mass is 9.99. The van der Waals surface area contributed by atoms with Crippen LogP contribution in [0.5, 0.6) is 0 Å². The maximum absolute atomic E-state index is 11.8. The highest BCUT2D eigenvalue weighted by Gasteiger charge is 2.25. The highest BCUT2D eigenvalue weighted by molar-refractivity contribution is 6.05. The van der Waals surface area contributed by atoms with Crippen LogP contribution in [0.4, 0.5) is 10.5 Å². The quantitative estimate of drug-likeness (QED) is 0.862. The molecule has 0 radical (unpaired) electrons. The summed E-state index contributed by atoms with van der Waals surface area (Å²) in [5, 5.41) is 2.35. The summed E-state index contributed by atoms with van der Waals surface area (Å²) >= 11 is 0. The molecule has 1 aromatic carbocycles. The summed E-state index contributed by atoms with van der Waals surface area (Å²) in [6.07, 6.45) is 1.37. The molecular weight excluding hydrogens is 266 g/mol. The number of benzene rings is 1. The predicted molar refractivity (Wildman–Crippen MR) is 83.3 cm³/mol. The van der Waals surface area contributed by atoms with E-state index in [-0.39, 0.29) is 11.9 Å². The van der Waals surface area contributed by atoms with Crippen LogP contribution in [0.15, 0.2) is 18.2 Å². The van der Waals surface area contributed by atoms with Crippen LogP contribution in [-0.4, -0.2) is 37.0 Å². The van der Waals surface area contributed by atoms with Crippen LogP contribution >= 0.6 is 0 Å². The third-order valence-electron chi connectivity index (χ3n) is 3.76. The summed E-state index contributed by atoms with van der Waals surface area (Å²) in [5.74, 6) is -0.194. The highest BCUT2D eigenvalue weighted by atomic mass is 16.2. The summed E-state index contributed by atoms with van der Waals surface area (Å²) in [5.41, 5.74) is 3.51. The zero-order valence-electron chi connectivity index (χ0n) is 13.0. The molecule has 0 unspecified atom stereocenters. The fourth-order valence-corrected chi connectivity index (χ4v) is 2.66. The zero-order chi connectivity index (χ0) is 15.4. The van der Waals surface area contributed by atoms with Gasteiger partial charge < -0.3 is 4.90 Å². The molecule has 1 N–H and O–H groups in total. The van der Waals surface area contributed by atoms with Crippen LogP contribution < -0.4 is 10.2 Å². The van der Waals surface area contributed by atoms with E-state index in [0.29, 0.717) is 13.0 Å². The number of likely N-dealkylation sites (N-methyl/N-ethyl adjacent to an activating group) is 1. The van der Waals surface area contributed by atoms with E-state index in [1.54, 1.807) is 4.90 Å². The first kappa shape index (κ1) is 15.5. The summed E-state index contributed by atoms with van der Waals surface area (Å²) in [6, 6.07) is 5.82. The van der Waals surface area contributed by atoms with Crippen LogP contribution in [-0.2, 0) is 17.8 Å². The maximum Gasteiger partial charge on any atom is 0.328 e. The van der Waals surface area contributed by atoms with Gasteiger partial charge in [-0.15, -0.1) is 0 Å². The van der Waals surface area contributed by atoms with Crippen molar-refractivity contribution in [3.63, 3.8) is 0 Å².